The number of carbonyl (C=O) groups is 1. The van der Waals surface area contributed by atoms with Gasteiger partial charge in [0.25, 0.3) is 0 Å². The van der Waals surface area contributed by atoms with E-state index in [1.54, 1.807) is 0 Å². The molecule has 1 N–H and O–H groups in total. The number of nitrogens with one attached hydrogen (secondary N) is 1. The van der Waals surface area contributed by atoms with Gasteiger partial charge in [-0.05, 0) is 32.1 Å². The molecule has 1 heterocycles. The molecule has 0 spiro atoms. The number of carbonyl (C=O) groups excluding carboxylic acids is 1. The van der Waals surface area contributed by atoms with Crippen molar-refractivity contribution in [2.75, 3.05) is 25.6 Å². The highest BCUT2D eigenvalue weighted by atomic mass is 32.2. The fraction of sp³-hybridized carbons (Fsp3) is 0.917. The minimum absolute atomic E-state index is 0.0645. The normalized spacial score (nSPS) is 22.8. The van der Waals surface area contributed by atoms with Crippen LogP contribution in [0.1, 0.15) is 32.6 Å². The Balaban J connectivity index is 2.49. The molecule has 1 aliphatic rings. The molecule has 1 saturated heterocycles. The van der Waals surface area contributed by atoms with Crippen LogP contribution >= 0.6 is 11.8 Å². The van der Waals surface area contributed by atoms with Crippen molar-refractivity contribution in [2.45, 2.75) is 44.7 Å². The first-order valence-corrected chi connectivity index (χ1v) is 7.59. The van der Waals surface area contributed by atoms with Crippen molar-refractivity contribution in [1.82, 2.24) is 10.2 Å². The zero-order valence-electron chi connectivity index (χ0n) is 10.7. The smallest absolute Gasteiger partial charge is 0.239 e. The minimum Gasteiger partial charge on any atom is -0.341 e. The topological polar surface area (TPSA) is 32.3 Å². The molecule has 0 aromatic rings. The summed E-state index contributed by atoms with van der Waals surface area (Å²) in [6.45, 7) is 3.14. The molecule has 1 aliphatic heterocycles. The predicted molar refractivity (Wildman–Crippen MR) is 70.9 cm³/mol. The van der Waals surface area contributed by atoms with Crippen LogP contribution in [0, 0.1) is 0 Å². The highest BCUT2D eigenvalue weighted by molar-refractivity contribution is 7.98. The maximum absolute atomic E-state index is 12.2. The number of piperidine rings is 1. The molecule has 1 rings (SSSR count). The number of thioether (sulfide) groups is 1. The standard InChI is InChI=1S/C12H24N2OS/c1-4-10(9-16-3)14(2)12(15)11-7-5-6-8-13-11/h10-11,13H,4-9H2,1-3H3/t10?,11-/m1/s1. The monoisotopic (exact) mass is 244 g/mol. The maximum Gasteiger partial charge on any atom is 0.239 e. The first-order chi connectivity index (χ1) is 7.70. The fourth-order valence-corrected chi connectivity index (χ4v) is 3.03. The molecule has 0 aliphatic carbocycles. The maximum atomic E-state index is 12.2. The summed E-state index contributed by atoms with van der Waals surface area (Å²) in [7, 11) is 1.95. The third kappa shape index (κ3) is 3.67. The van der Waals surface area contributed by atoms with Crippen molar-refractivity contribution >= 4 is 17.7 Å². The lowest BCUT2D eigenvalue weighted by Gasteiger charge is -2.32. The summed E-state index contributed by atoms with van der Waals surface area (Å²) in [6.07, 6.45) is 6.51. The number of hydrogen-bond acceptors (Lipinski definition) is 3. The average molecular weight is 244 g/mol. The number of nitrogens with zero attached hydrogens (tertiary/aromatic N) is 1. The van der Waals surface area contributed by atoms with E-state index >= 15 is 0 Å². The van der Waals surface area contributed by atoms with Gasteiger partial charge in [-0.2, -0.15) is 11.8 Å². The lowest BCUT2D eigenvalue weighted by atomic mass is 10.0. The highest BCUT2D eigenvalue weighted by Gasteiger charge is 2.26. The summed E-state index contributed by atoms with van der Waals surface area (Å²) in [5.41, 5.74) is 0. The molecule has 4 heteroatoms. The van der Waals surface area contributed by atoms with Crippen LogP contribution in [0.3, 0.4) is 0 Å². The summed E-state index contributed by atoms with van der Waals surface area (Å²) in [6, 6.07) is 0.445. The molecule has 0 saturated carbocycles. The molecule has 0 aromatic carbocycles. The highest BCUT2D eigenvalue weighted by Crippen LogP contribution is 2.14. The number of likely N-dealkylation sites (N-methyl/N-ethyl adjacent to an activating group) is 1. The number of hydrogen-bond donors (Lipinski definition) is 1. The van der Waals surface area contributed by atoms with E-state index in [9.17, 15) is 4.79 Å². The van der Waals surface area contributed by atoms with Gasteiger partial charge >= 0.3 is 0 Å². The van der Waals surface area contributed by atoms with Gasteiger partial charge < -0.3 is 10.2 Å². The van der Waals surface area contributed by atoms with Crippen LogP contribution in [0.25, 0.3) is 0 Å². The third-order valence-electron chi connectivity index (χ3n) is 3.33. The Morgan fingerprint density at radius 1 is 1.56 bits per heavy atom. The summed E-state index contributed by atoms with van der Waals surface area (Å²) in [5.74, 6) is 1.31. The first-order valence-electron chi connectivity index (χ1n) is 6.19. The van der Waals surface area contributed by atoms with E-state index in [1.165, 1.54) is 12.8 Å². The Bertz CT molecular complexity index is 217. The molecular weight excluding hydrogens is 220 g/mol. The van der Waals surface area contributed by atoms with Crippen LogP contribution in [-0.4, -0.2) is 48.5 Å². The Morgan fingerprint density at radius 2 is 2.31 bits per heavy atom. The Morgan fingerprint density at radius 3 is 2.81 bits per heavy atom. The molecule has 2 atom stereocenters. The van der Waals surface area contributed by atoms with Gasteiger partial charge in [-0.25, -0.2) is 0 Å². The molecule has 94 valence electrons. The fourth-order valence-electron chi connectivity index (χ4n) is 2.18. The van der Waals surface area contributed by atoms with E-state index in [0.29, 0.717) is 6.04 Å². The van der Waals surface area contributed by atoms with Crippen LogP contribution in [0.4, 0.5) is 0 Å². The van der Waals surface area contributed by atoms with E-state index < -0.39 is 0 Å². The van der Waals surface area contributed by atoms with Crippen molar-refractivity contribution in [3.05, 3.63) is 0 Å². The molecule has 1 fully saturated rings. The van der Waals surface area contributed by atoms with Gasteiger partial charge in [0.2, 0.25) is 5.91 Å². The molecule has 1 amide bonds. The number of rotatable bonds is 5. The van der Waals surface area contributed by atoms with Crippen LogP contribution in [0.5, 0.6) is 0 Å². The van der Waals surface area contributed by atoms with Crippen LogP contribution in [0.15, 0.2) is 0 Å². The molecule has 0 bridgehead atoms. The van der Waals surface area contributed by atoms with Gasteiger partial charge in [0.15, 0.2) is 0 Å². The summed E-state index contributed by atoms with van der Waals surface area (Å²) in [5, 5.41) is 3.32. The summed E-state index contributed by atoms with van der Waals surface area (Å²) < 4.78 is 0. The van der Waals surface area contributed by atoms with E-state index in [4.69, 9.17) is 0 Å². The second-order valence-corrected chi connectivity index (χ2v) is 5.38. The Labute approximate surface area is 103 Å². The van der Waals surface area contributed by atoms with Crippen molar-refractivity contribution < 1.29 is 4.79 Å². The van der Waals surface area contributed by atoms with Crippen LogP contribution in [-0.2, 0) is 4.79 Å². The van der Waals surface area contributed by atoms with E-state index in [1.807, 2.05) is 23.7 Å². The second-order valence-electron chi connectivity index (χ2n) is 4.47. The van der Waals surface area contributed by atoms with Crippen LogP contribution < -0.4 is 5.32 Å². The van der Waals surface area contributed by atoms with Gasteiger partial charge in [-0.3, -0.25) is 4.79 Å². The molecule has 3 nitrogen and oxygen atoms in total. The van der Waals surface area contributed by atoms with E-state index in [0.717, 1.165) is 25.1 Å². The average Bonchev–Trinajstić information content (AvgIpc) is 2.35. The van der Waals surface area contributed by atoms with E-state index in [-0.39, 0.29) is 11.9 Å². The molecule has 0 aromatic heterocycles. The van der Waals surface area contributed by atoms with Gasteiger partial charge in [-0.1, -0.05) is 13.3 Å². The van der Waals surface area contributed by atoms with Gasteiger partial charge in [0.1, 0.15) is 0 Å². The van der Waals surface area contributed by atoms with Crippen LogP contribution in [0.2, 0.25) is 0 Å². The molecular formula is C12H24N2OS. The minimum atomic E-state index is 0.0645. The first kappa shape index (κ1) is 13.8. The Hall–Kier alpha value is -0.220. The van der Waals surface area contributed by atoms with Crippen molar-refractivity contribution in [1.29, 1.82) is 0 Å². The zero-order chi connectivity index (χ0) is 12.0. The SMILES string of the molecule is CCC(CSC)N(C)C(=O)[C@H]1CCCCN1. The van der Waals surface area contributed by atoms with Crippen molar-refractivity contribution in [3.63, 3.8) is 0 Å². The summed E-state index contributed by atoms with van der Waals surface area (Å²) in [4.78, 5) is 14.2. The van der Waals surface area contributed by atoms with Crippen molar-refractivity contribution in [2.24, 2.45) is 0 Å². The predicted octanol–water partition coefficient (Wildman–Crippen LogP) is 1.73. The Kier molecular flexibility index (Phi) is 6.21. The van der Waals surface area contributed by atoms with Gasteiger partial charge in [-0.15, -0.1) is 0 Å². The second kappa shape index (κ2) is 7.17. The van der Waals surface area contributed by atoms with Gasteiger partial charge in [0.05, 0.1) is 6.04 Å². The largest absolute Gasteiger partial charge is 0.341 e. The molecule has 1 unspecified atom stereocenters. The third-order valence-corrected chi connectivity index (χ3v) is 4.05. The number of amides is 1. The lowest BCUT2D eigenvalue weighted by Crippen LogP contribution is -2.50. The van der Waals surface area contributed by atoms with Gasteiger partial charge in [0, 0.05) is 18.8 Å². The summed E-state index contributed by atoms with van der Waals surface area (Å²) >= 11 is 1.81. The quantitative estimate of drug-likeness (QED) is 0.799. The molecule has 0 radical (unpaired) electrons. The van der Waals surface area contributed by atoms with Crippen molar-refractivity contribution in [3.8, 4) is 0 Å². The zero-order valence-corrected chi connectivity index (χ0v) is 11.5. The van der Waals surface area contributed by atoms with E-state index in [2.05, 4.69) is 18.5 Å². The lowest BCUT2D eigenvalue weighted by molar-refractivity contribution is -0.134. The molecule has 16 heavy (non-hydrogen) atoms.